The molecule has 1 atom stereocenters. The highest BCUT2D eigenvalue weighted by molar-refractivity contribution is 5.68. The number of halogens is 3. The Balaban J connectivity index is 2.61. The smallest absolute Gasteiger partial charge is 0.409 e. The molecule has 0 aromatic rings. The summed E-state index contributed by atoms with van der Waals surface area (Å²) < 4.78 is 41.4. The van der Waals surface area contributed by atoms with Gasteiger partial charge in [-0.25, -0.2) is 4.79 Å². The van der Waals surface area contributed by atoms with E-state index in [1.54, 1.807) is 0 Å². The van der Waals surface area contributed by atoms with Gasteiger partial charge in [0.05, 0.1) is 6.10 Å². The second kappa shape index (κ2) is 6.78. The molecule has 1 N–H and O–H groups in total. The quantitative estimate of drug-likeness (QED) is 0.777. The first-order valence-corrected chi connectivity index (χ1v) is 5.98. The second-order valence-corrected chi connectivity index (χ2v) is 4.47. The van der Waals surface area contributed by atoms with E-state index in [1.807, 2.05) is 0 Å². The van der Waals surface area contributed by atoms with Crippen LogP contribution in [0.4, 0.5) is 13.2 Å². The number of carboxylic acid groups (broad SMARTS) is 1. The standard InChI is InChI=1S/C12H17F3O3/c13-12(14,15)7-6-10(18-8-11(16)17)9-4-2-1-3-5-9/h6-7,9-10H,1-5,8H2,(H,16,17)/b7-6-. The average Bonchev–Trinajstić information content (AvgIpc) is 2.28. The highest BCUT2D eigenvalue weighted by Crippen LogP contribution is 2.29. The molecule has 1 fully saturated rings. The van der Waals surface area contributed by atoms with Crippen molar-refractivity contribution in [2.45, 2.75) is 44.4 Å². The van der Waals surface area contributed by atoms with Crippen LogP contribution in [0.5, 0.6) is 0 Å². The van der Waals surface area contributed by atoms with Crippen molar-refractivity contribution in [3.63, 3.8) is 0 Å². The summed E-state index contributed by atoms with van der Waals surface area (Å²) in [5.41, 5.74) is 0. The van der Waals surface area contributed by atoms with Crippen LogP contribution in [0.15, 0.2) is 12.2 Å². The number of allylic oxidation sites excluding steroid dienone is 1. The van der Waals surface area contributed by atoms with Crippen molar-refractivity contribution in [3.8, 4) is 0 Å². The first-order chi connectivity index (χ1) is 8.38. The van der Waals surface area contributed by atoms with E-state index in [2.05, 4.69) is 0 Å². The third-order valence-electron chi connectivity index (χ3n) is 2.99. The van der Waals surface area contributed by atoms with Gasteiger partial charge >= 0.3 is 12.1 Å². The molecule has 0 aromatic heterocycles. The van der Waals surface area contributed by atoms with Gasteiger partial charge in [0.15, 0.2) is 0 Å². The summed E-state index contributed by atoms with van der Waals surface area (Å²) in [4.78, 5) is 10.4. The van der Waals surface area contributed by atoms with E-state index < -0.39 is 24.9 Å². The van der Waals surface area contributed by atoms with E-state index in [0.29, 0.717) is 0 Å². The van der Waals surface area contributed by atoms with Crippen LogP contribution in [0.1, 0.15) is 32.1 Å². The Morgan fingerprint density at radius 2 is 1.94 bits per heavy atom. The number of carboxylic acids is 1. The predicted octanol–water partition coefficient (Wildman–Crippen LogP) is 3.16. The maximum atomic E-state index is 12.1. The molecule has 0 spiro atoms. The Labute approximate surface area is 104 Å². The van der Waals surface area contributed by atoms with Crippen molar-refractivity contribution < 1.29 is 27.8 Å². The number of ether oxygens (including phenoxy) is 1. The third-order valence-corrected chi connectivity index (χ3v) is 2.99. The Morgan fingerprint density at radius 3 is 2.44 bits per heavy atom. The fourth-order valence-corrected chi connectivity index (χ4v) is 2.18. The minimum Gasteiger partial charge on any atom is -0.480 e. The van der Waals surface area contributed by atoms with Crippen molar-refractivity contribution >= 4 is 5.97 Å². The molecule has 6 heteroatoms. The van der Waals surface area contributed by atoms with Gasteiger partial charge in [-0.2, -0.15) is 13.2 Å². The SMILES string of the molecule is O=C(O)COC(/C=C\C(F)(F)F)C1CCCCC1. The lowest BCUT2D eigenvalue weighted by Crippen LogP contribution is -2.27. The topological polar surface area (TPSA) is 46.5 Å². The molecule has 0 bridgehead atoms. The van der Waals surface area contributed by atoms with Gasteiger partial charge in [0, 0.05) is 6.08 Å². The molecule has 1 rings (SSSR count). The van der Waals surface area contributed by atoms with E-state index in [9.17, 15) is 18.0 Å². The van der Waals surface area contributed by atoms with Gasteiger partial charge in [0.25, 0.3) is 0 Å². The molecule has 104 valence electrons. The van der Waals surface area contributed by atoms with Crippen LogP contribution < -0.4 is 0 Å². The Hall–Kier alpha value is -1.04. The molecule has 1 unspecified atom stereocenters. The number of hydrogen-bond donors (Lipinski definition) is 1. The normalized spacial score (nSPS) is 20.2. The van der Waals surface area contributed by atoms with Gasteiger partial charge in [0.1, 0.15) is 6.61 Å². The average molecular weight is 266 g/mol. The third kappa shape index (κ3) is 6.05. The van der Waals surface area contributed by atoms with E-state index in [0.717, 1.165) is 38.2 Å². The van der Waals surface area contributed by atoms with Crippen molar-refractivity contribution in [2.75, 3.05) is 6.61 Å². The van der Waals surface area contributed by atoms with E-state index in [4.69, 9.17) is 9.84 Å². The van der Waals surface area contributed by atoms with Crippen LogP contribution in [0.25, 0.3) is 0 Å². The highest BCUT2D eigenvalue weighted by atomic mass is 19.4. The lowest BCUT2D eigenvalue weighted by atomic mass is 9.85. The van der Waals surface area contributed by atoms with Gasteiger partial charge in [-0.3, -0.25) is 0 Å². The van der Waals surface area contributed by atoms with Gasteiger partial charge < -0.3 is 9.84 Å². The van der Waals surface area contributed by atoms with Crippen molar-refractivity contribution in [1.82, 2.24) is 0 Å². The van der Waals surface area contributed by atoms with Crippen LogP contribution in [-0.2, 0) is 9.53 Å². The van der Waals surface area contributed by atoms with Crippen LogP contribution in [0.3, 0.4) is 0 Å². The zero-order chi connectivity index (χ0) is 13.6. The summed E-state index contributed by atoms with van der Waals surface area (Å²) >= 11 is 0. The molecule has 18 heavy (non-hydrogen) atoms. The summed E-state index contributed by atoms with van der Waals surface area (Å²) in [5, 5.41) is 8.52. The maximum Gasteiger partial charge on any atom is 0.409 e. The molecule has 3 nitrogen and oxygen atoms in total. The first-order valence-electron chi connectivity index (χ1n) is 5.98. The number of aliphatic carboxylic acids is 1. The van der Waals surface area contributed by atoms with Crippen LogP contribution >= 0.6 is 0 Å². The zero-order valence-electron chi connectivity index (χ0n) is 9.95. The van der Waals surface area contributed by atoms with Crippen molar-refractivity contribution in [1.29, 1.82) is 0 Å². The molecule has 0 aromatic carbocycles. The molecular formula is C12H17F3O3. The largest absolute Gasteiger partial charge is 0.480 e. The minimum absolute atomic E-state index is 0.0169. The van der Waals surface area contributed by atoms with Gasteiger partial charge in [-0.05, 0) is 18.8 Å². The minimum atomic E-state index is -4.39. The van der Waals surface area contributed by atoms with Crippen LogP contribution in [0.2, 0.25) is 0 Å². The monoisotopic (exact) mass is 266 g/mol. The Morgan fingerprint density at radius 1 is 1.33 bits per heavy atom. The zero-order valence-corrected chi connectivity index (χ0v) is 9.95. The van der Waals surface area contributed by atoms with Gasteiger partial charge in [-0.15, -0.1) is 0 Å². The molecule has 0 saturated heterocycles. The van der Waals surface area contributed by atoms with Gasteiger partial charge in [-0.1, -0.05) is 25.3 Å². The second-order valence-electron chi connectivity index (χ2n) is 4.47. The molecule has 1 saturated carbocycles. The van der Waals surface area contributed by atoms with E-state index in [-0.39, 0.29) is 12.0 Å². The summed E-state index contributed by atoms with van der Waals surface area (Å²) in [6.45, 7) is -0.566. The lowest BCUT2D eigenvalue weighted by molar-refractivity contribution is -0.144. The number of hydrogen-bond acceptors (Lipinski definition) is 2. The van der Waals surface area contributed by atoms with E-state index >= 15 is 0 Å². The predicted molar refractivity (Wildman–Crippen MR) is 59.1 cm³/mol. The summed E-state index contributed by atoms with van der Waals surface area (Å²) in [6.07, 6.45) is 0.481. The molecule has 0 aliphatic heterocycles. The molecule has 1 aliphatic rings. The highest BCUT2D eigenvalue weighted by Gasteiger charge is 2.27. The summed E-state index contributed by atoms with van der Waals surface area (Å²) in [5.74, 6) is -1.19. The maximum absolute atomic E-state index is 12.1. The molecule has 0 heterocycles. The summed E-state index contributed by atoms with van der Waals surface area (Å²) in [6, 6.07) is 0. The van der Waals surface area contributed by atoms with Gasteiger partial charge in [0.2, 0.25) is 0 Å². The first kappa shape index (κ1) is 15.0. The van der Waals surface area contributed by atoms with Crippen molar-refractivity contribution in [3.05, 3.63) is 12.2 Å². The molecule has 1 aliphatic carbocycles. The Bertz CT molecular complexity index is 293. The fraction of sp³-hybridized carbons (Fsp3) is 0.750. The van der Waals surface area contributed by atoms with E-state index in [1.165, 1.54) is 0 Å². The van der Waals surface area contributed by atoms with Crippen molar-refractivity contribution in [2.24, 2.45) is 5.92 Å². The molecular weight excluding hydrogens is 249 g/mol. The van der Waals surface area contributed by atoms with Crippen LogP contribution in [-0.4, -0.2) is 30.0 Å². The number of rotatable bonds is 5. The Kier molecular flexibility index (Phi) is 5.65. The number of carbonyl (C=O) groups is 1. The molecule has 0 amide bonds. The lowest BCUT2D eigenvalue weighted by Gasteiger charge is -2.28. The molecule has 0 radical (unpaired) electrons. The number of alkyl halides is 3. The van der Waals surface area contributed by atoms with Crippen LogP contribution in [0, 0.1) is 5.92 Å². The summed E-state index contributed by atoms with van der Waals surface area (Å²) in [7, 11) is 0. The fourth-order valence-electron chi connectivity index (χ4n) is 2.18.